The minimum atomic E-state index is -0.862. The van der Waals surface area contributed by atoms with E-state index in [2.05, 4.69) is 5.32 Å². The standard InChI is InChI=1S/C12H17F2NO2/c1-2-17-8-10(16)7-15-6-9-3-4-11(13)12(14)5-9/h3-5,10,15-16H,2,6-8H2,1H3. The fourth-order valence-electron chi connectivity index (χ4n) is 1.35. The first kappa shape index (κ1) is 14.0. The molecule has 0 aliphatic rings. The van der Waals surface area contributed by atoms with Crippen molar-refractivity contribution in [3.05, 3.63) is 35.4 Å². The second-order valence-electron chi connectivity index (χ2n) is 3.69. The third-order valence-corrected chi connectivity index (χ3v) is 2.21. The summed E-state index contributed by atoms with van der Waals surface area (Å²) in [5.74, 6) is -1.72. The fourth-order valence-corrected chi connectivity index (χ4v) is 1.35. The molecular weight excluding hydrogens is 228 g/mol. The molecule has 1 aromatic carbocycles. The van der Waals surface area contributed by atoms with Crippen LogP contribution in [0.2, 0.25) is 0 Å². The maximum absolute atomic E-state index is 12.9. The van der Waals surface area contributed by atoms with E-state index in [9.17, 15) is 13.9 Å². The molecule has 0 heterocycles. The molecule has 0 aromatic heterocycles. The second kappa shape index (κ2) is 7.32. The third kappa shape index (κ3) is 5.21. The van der Waals surface area contributed by atoms with E-state index >= 15 is 0 Å². The van der Waals surface area contributed by atoms with Crippen LogP contribution >= 0.6 is 0 Å². The summed E-state index contributed by atoms with van der Waals surface area (Å²) in [6.07, 6.45) is -0.597. The van der Waals surface area contributed by atoms with Crippen LogP contribution in [-0.2, 0) is 11.3 Å². The van der Waals surface area contributed by atoms with Crippen LogP contribution in [0, 0.1) is 11.6 Å². The van der Waals surface area contributed by atoms with Gasteiger partial charge in [0.25, 0.3) is 0 Å². The smallest absolute Gasteiger partial charge is 0.159 e. The van der Waals surface area contributed by atoms with Crippen LogP contribution in [0.5, 0.6) is 0 Å². The minimum Gasteiger partial charge on any atom is -0.389 e. The lowest BCUT2D eigenvalue weighted by atomic mass is 10.2. The van der Waals surface area contributed by atoms with Gasteiger partial charge >= 0.3 is 0 Å². The molecule has 0 amide bonds. The Labute approximate surface area is 99.4 Å². The van der Waals surface area contributed by atoms with E-state index in [1.54, 1.807) is 0 Å². The number of hydrogen-bond donors (Lipinski definition) is 2. The van der Waals surface area contributed by atoms with Crippen LogP contribution in [0.1, 0.15) is 12.5 Å². The van der Waals surface area contributed by atoms with Crippen LogP contribution in [0.25, 0.3) is 0 Å². The summed E-state index contributed by atoms with van der Waals surface area (Å²) in [5.41, 5.74) is 0.632. The molecule has 1 atom stereocenters. The van der Waals surface area contributed by atoms with Gasteiger partial charge in [0.1, 0.15) is 0 Å². The average molecular weight is 245 g/mol. The van der Waals surface area contributed by atoms with Crippen molar-refractivity contribution >= 4 is 0 Å². The van der Waals surface area contributed by atoms with Gasteiger partial charge in [0.15, 0.2) is 11.6 Å². The first-order valence-electron chi connectivity index (χ1n) is 5.54. The van der Waals surface area contributed by atoms with Crippen molar-refractivity contribution in [2.45, 2.75) is 19.6 Å². The summed E-state index contributed by atoms with van der Waals surface area (Å²) in [6, 6.07) is 3.72. The number of hydrogen-bond acceptors (Lipinski definition) is 3. The van der Waals surface area contributed by atoms with E-state index in [0.29, 0.717) is 25.3 Å². The lowest BCUT2D eigenvalue weighted by Gasteiger charge is -2.11. The third-order valence-electron chi connectivity index (χ3n) is 2.21. The van der Waals surface area contributed by atoms with Crippen LogP contribution in [0.3, 0.4) is 0 Å². The molecule has 0 aliphatic carbocycles. The zero-order chi connectivity index (χ0) is 12.7. The molecule has 0 fully saturated rings. The molecule has 0 saturated carbocycles. The van der Waals surface area contributed by atoms with Crippen molar-refractivity contribution in [2.24, 2.45) is 0 Å². The van der Waals surface area contributed by atoms with Crippen molar-refractivity contribution in [2.75, 3.05) is 19.8 Å². The van der Waals surface area contributed by atoms with Crippen molar-refractivity contribution in [1.82, 2.24) is 5.32 Å². The highest BCUT2D eigenvalue weighted by Crippen LogP contribution is 2.08. The molecule has 0 bridgehead atoms. The van der Waals surface area contributed by atoms with Gasteiger partial charge in [-0.1, -0.05) is 6.07 Å². The Balaban J connectivity index is 2.28. The largest absolute Gasteiger partial charge is 0.389 e. The van der Waals surface area contributed by atoms with Gasteiger partial charge in [0.2, 0.25) is 0 Å². The summed E-state index contributed by atoms with van der Waals surface area (Å²) in [4.78, 5) is 0. The first-order chi connectivity index (χ1) is 8.13. The molecule has 0 aliphatic heterocycles. The summed E-state index contributed by atoms with van der Waals surface area (Å²) in [5, 5.41) is 12.4. The predicted octanol–water partition coefficient (Wildman–Crippen LogP) is 1.45. The van der Waals surface area contributed by atoms with Crippen molar-refractivity contribution < 1.29 is 18.6 Å². The number of halogens is 2. The first-order valence-corrected chi connectivity index (χ1v) is 5.54. The van der Waals surface area contributed by atoms with E-state index in [-0.39, 0.29) is 6.61 Å². The maximum atomic E-state index is 12.9. The van der Waals surface area contributed by atoms with Gasteiger partial charge in [-0.25, -0.2) is 8.78 Å². The van der Waals surface area contributed by atoms with E-state index in [4.69, 9.17) is 4.74 Å². The van der Waals surface area contributed by atoms with Crippen molar-refractivity contribution in [3.8, 4) is 0 Å². The van der Waals surface area contributed by atoms with E-state index in [1.807, 2.05) is 6.92 Å². The summed E-state index contributed by atoms with van der Waals surface area (Å²) >= 11 is 0. The van der Waals surface area contributed by atoms with Crippen LogP contribution < -0.4 is 5.32 Å². The van der Waals surface area contributed by atoms with Gasteiger partial charge in [0.05, 0.1) is 12.7 Å². The zero-order valence-electron chi connectivity index (χ0n) is 9.75. The summed E-state index contributed by atoms with van der Waals surface area (Å²) in [6.45, 7) is 3.39. The molecule has 5 heteroatoms. The molecule has 0 saturated heterocycles. The van der Waals surface area contributed by atoms with Gasteiger partial charge < -0.3 is 15.2 Å². The number of aliphatic hydroxyl groups is 1. The number of rotatable bonds is 7. The van der Waals surface area contributed by atoms with Crippen molar-refractivity contribution in [3.63, 3.8) is 0 Å². The van der Waals surface area contributed by atoms with Crippen molar-refractivity contribution in [1.29, 1.82) is 0 Å². The Morgan fingerprint density at radius 3 is 2.76 bits per heavy atom. The van der Waals surface area contributed by atoms with Crippen LogP contribution in [0.4, 0.5) is 8.78 Å². The predicted molar refractivity (Wildman–Crippen MR) is 60.6 cm³/mol. The van der Waals surface area contributed by atoms with Gasteiger partial charge in [-0.3, -0.25) is 0 Å². The fraction of sp³-hybridized carbons (Fsp3) is 0.500. The molecule has 3 nitrogen and oxygen atoms in total. The molecule has 0 radical (unpaired) electrons. The Bertz CT molecular complexity index is 347. The Hall–Kier alpha value is -1.04. The van der Waals surface area contributed by atoms with Gasteiger partial charge in [-0.15, -0.1) is 0 Å². The number of aliphatic hydroxyl groups excluding tert-OH is 1. The van der Waals surface area contributed by atoms with E-state index < -0.39 is 17.7 Å². The zero-order valence-corrected chi connectivity index (χ0v) is 9.75. The SMILES string of the molecule is CCOCC(O)CNCc1ccc(F)c(F)c1. The van der Waals surface area contributed by atoms with Gasteiger partial charge in [-0.2, -0.15) is 0 Å². The quantitative estimate of drug-likeness (QED) is 0.764. The van der Waals surface area contributed by atoms with Crippen LogP contribution in [0.15, 0.2) is 18.2 Å². The monoisotopic (exact) mass is 245 g/mol. The number of benzene rings is 1. The summed E-state index contributed by atoms with van der Waals surface area (Å²) in [7, 11) is 0. The Morgan fingerprint density at radius 2 is 2.12 bits per heavy atom. The lowest BCUT2D eigenvalue weighted by Crippen LogP contribution is -2.30. The molecular formula is C12H17F2NO2. The highest BCUT2D eigenvalue weighted by Gasteiger charge is 2.05. The van der Waals surface area contributed by atoms with E-state index in [0.717, 1.165) is 12.1 Å². The normalized spacial score (nSPS) is 12.7. The second-order valence-corrected chi connectivity index (χ2v) is 3.69. The average Bonchev–Trinajstić information content (AvgIpc) is 2.31. The number of nitrogens with one attached hydrogen (secondary N) is 1. The van der Waals surface area contributed by atoms with Crippen LogP contribution in [-0.4, -0.2) is 31.0 Å². The maximum Gasteiger partial charge on any atom is 0.159 e. The van der Waals surface area contributed by atoms with Gasteiger partial charge in [-0.05, 0) is 24.6 Å². The Morgan fingerprint density at radius 1 is 1.35 bits per heavy atom. The van der Waals surface area contributed by atoms with E-state index in [1.165, 1.54) is 6.07 Å². The minimum absolute atomic E-state index is 0.265. The lowest BCUT2D eigenvalue weighted by molar-refractivity contribution is 0.0427. The molecule has 96 valence electrons. The number of ether oxygens (including phenoxy) is 1. The highest BCUT2D eigenvalue weighted by atomic mass is 19.2. The molecule has 2 N–H and O–H groups in total. The molecule has 1 rings (SSSR count). The topological polar surface area (TPSA) is 41.5 Å². The molecule has 0 spiro atoms. The Kier molecular flexibility index (Phi) is 6.04. The highest BCUT2D eigenvalue weighted by molar-refractivity contribution is 5.17. The molecule has 1 unspecified atom stereocenters. The summed E-state index contributed by atoms with van der Waals surface area (Å²) < 4.78 is 30.5. The van der Waals surface area contributed by atoms with Gasteiger partial charge in [0, 0.05) is 19.7 Å². The molecule has 1 aromatic rings. The molecule has 17 heavy (non-hydrogen) atoms.